The number of hydrazine groups is 1. The van der Waals surface area contributed by atoms with Crippen molar-refractivity contribution < 1.29 is 18.0 Å². The molecule has 0 unspecified atom stereocenters. The molecule has 0 saturated heterocycles. The lowest BCUT2D eigenvalue weighted by atomic mass is 9.95. The average molecular weight is 412 g/mol. The second-order valence-corrected chi connectivity index (χ2v) is 8.92. The van der Waals surface area contributed by atoms with Crippen LogP contribution >= 0.6 is 0 Å². The minimum Gasteiger partial charge on any atom is -0.360 e. The third-order valence-electron chi connectivity index (χ3n) is 5.07. The molecule has 1 aliphatic rings. The number of hydrogen-bond donors (Lipinski definition) is 3. The Balaban J connectivity index is 1.51. The van der Waals surface area contributed by atoms with Crippen LogP contribution in [0.3, 0.4) is 0 Å². The Kier molecular flexibility index (Phi) is 4.85. The molecule has 3 aromatic rings. The molecular weight excluding hydrogens is 392 g/mol. The molecule has 0 aliphatic carbocycles. The van der Waals surface area contributed by atoms with Crippen LogP contribution < -0.4 is 10.9 Å². The van der Waals surface area contributed by atoms with Gasteiger partial charge in [-0.05, 0) is 23.6 Å². The molecule has 1 atom stereocenters. The Morgan fingerprint density at radius 1 is 1.03 bits per heavy atom. The third kappa shape index (κ3) is 3.74. The summed E-state index contributed by atoms with van der Waals surface area (Å²) in [6.07, 6.45) is 2.87. The van der Waals surface area contributed by atoms with Gasteiger partial charge < -0.3 is 4.98 Å². The molecule has 0 spiro atoms. The van der Waals surface area contributed by atoms with E-state index < -0.39 is 27.9 Å². The number of aromatic amines is 1. The van der Waals surface area contributed by atoms with E-state index in [9.17, 15) is 18.0 Å². The van der Waals surface area contributed by atoms with Crippen molar-refractivity contribution in [3.05, 3.63) is 71.4 Å². The second kappa shape index (κ2) is 7.34. The van der Waals surface area contributed by atoms with Crippen LogP contribution in [0.25, 0.3) is 10.9 Å². The molecule has 2 aromatic carbocycles. The molecule has 8 nitrogen and oxygen atoms in total. The lowest BCUT2D eigenvalue weighted by Crippen LogP contribution is -2.55. The van der Waals surface area contributed by atoms with Gasteiger partial charge in [-0.1, -0.05) is 42.5 Å². The predicted molar refractivity (Wildman–Crippen MR) is 108 cm³/mol. The van der Waals surface area contributed by atoms with Crippen molar-refractivity contribution in [1.82, 2.24) is 20.1 Å². The van der Waals surface area contributed by atoms with Gasteiger partial charge in [0.15, 0.2) is 0 Å². The molecule has 0 saturated carbocycles. The molecule has 2 amide bonds. The number of amides is 2. The number of carbonyl (C=O) groups excluding carboxylic acids is 2. The minimum atomic E-state index is -3.62. The Bertz CT molecular complexity index is 1200. The van der Waals surface area contributed by atoms with E-state index in [4.69, 9.17) is 0 Å². The lowest BCUT2D eigenvalue weighted by Gasteiger charge is -2.34. The summed E-state index contributed by atoms with van der Waals surface area (Å²) in [4.78, 5) is 28.3. The number of fused-ring (bicyclic) bond motifs is 2. The van der Waals surface area contributed by atoms with E-state index in [1.54, 1.807) is 12.3 Å². The minimum absolute atomic E-state index is 0.115. The summed E-state index contributed by atoms with van der Waals surface area (Å²) in [5, 5.41) is 0.726. The first kappa shape index (κ1) is 19.2. The first-order valence-corrected chi connectivity index (χ1v) is 10.9. The zero-order chi connectivity index (χ0) is 20.6. The molecular formula is C20H20N4O4S. The Labute approximate surface area is 167 Å². The quantitative estimate of drug-likeness (QED) is 0.563. The smallest absolute Gasteiger partial charge is 0.271 e. The molecule has 0 radical (unpaired) electrons. The number of hydrogen-bond acceptors (Lipinski definition) is 4. The van der Waals surface area contributed by atoms with E-state index in [0.29, 0.717) is 5.56 Å². The molecule has 9 heteroatoms. The summed E-state index contributed by atoms with van der Waals surface area (Å²) in [5.74, 6) is -1.07. The summed E-state index contributed by atoms with van der Waals surface area (Å²) in [7, 11) is -3.62. The zero-order valence-corrected chi connectivity index (χ0v) is 16.5. The Hall–Kier alpha value is -3.17. The van der Waals surface area contributed by atoms with E-state index in [0.717, 1.165) is 32.6 Å². The first-order valence-electron chi connectivity index (χ1n) is 9.04. The van der Waals surface area contributed by atoms with Gasteiger partial charge in [-0.2, -0.15) is 4.31 Å². The standard InChI is InChI=1S/C20H20N4O4S/c1-29(27,28)24-12-14-7-3-2-6-13(14)10-18(24)20(26)23-22-19(25)16-11-21-17-9-5-4-8-15(16)17/h2-9,11,18,21H,10,12H2,1H3,(H,22,25)(H,23,26)/t18-/m1/s1. The largest absolute Gasteiger partial charge is 0.360 e. The van der Waals surface area contributed by atoms with Gasteiger partial charge in [-0.3, -0.25) is 20.4 Å². The maximum Gasteiger partial charge on any atom is 0.271 e. The number of nitrogens with one attached hydrogen (secondary N) is 3. The summed E-state index contributed by atoms with van der Waals surface area (Å²) in [6.45, 7) is 0.115. The number of H-pyrrole nitrogens is 1. The molecule has 0 fully saturated rings. The number of rotatable bonds is 3. The van der Waals surface area contributed by atoms with Gasteiger partial charge >= 0.3 is 0 Å². The zero-order valence-electron chi connectivity index (χ0n) is 15.7. The van der Waals surface area contributed by atoms with Crippen molar-refractivity contribution >= 4 is 32.7 Å². The van der Waals surface area contributed by atoms with E-state index in [-0.39, 0.29) is 13.0 Å². The summed E-state index contributed by atoms with van der Waals surface area (Å²) >= 11 is 0. The maximum absolute atomic E-state index is 12.8. The van der Waals surface area contributed by atoms with Crippen molar-refractivity contribution in [2.75, 3.05) is 6.26 Å². The number of benzene rings is 2. The number of aromatic nitrogens is 1. The van der Waals surface area contributed by atoms with E-state index in [2.05, 4.69) is 15.8 Å². The monoisotopic (exact) mass is 412 g/mol. The van der Waals surface area contributed by atoms with Gasteiger partial charge in [0.2, 0.25) is 10.0 Å². The molecule has 150 valence electrons. The van der Waals surface area contributed by atoms with Crippen LogP contribution in [0, 0.1) is 0 Å². The van der Waals surface area contributed by atoms with Crippen molar-refractivity contribution in [3.63, 3.8) is 0 Å². The van der Waals surface area contributed by atoms with Crippen LogP contribution in [0.2, 0.25) is 0 Å². The predicted octanol–water partition coefficient (Wildman–Crippen LogP) is 1.32. The highest BCUT2D eigenvalue weighted by atomic mass is 32.2. The summed E-state index contributed by atoms with van der Waals surface area (Å²) in [5.41, 5.74) is 7.73. The number of sulfonamides is 1. The van der Waals surface area contributed by atoms with Gasteiger partial charge in [0.1, 0.15) is 6.04 Å². The number of nitrogens with zero attached hydrogens (tertiary/aromatic N) is 1. The Morgan fingerprint density at radius 2 is 1.72 bits per heavy atom. The number of para-hydroxylation sites is 1. The van der Waals surface area contributed by atoms with Crippen molar-refractivity contribution in [2.45, 2.75) is 19.0 Å². The average Bonchev–Trinajstić information content (AvgIpc) is 3.14. The van der Waals surface area contributed by atoms with Crippen LogP contribution in [0.1, 0.15) is 21.5 Å². The topological polar surface area (TPSA) is 111 Å². The van der Waals surface area contributed by atoms with Crippen LogP contribution in [-0.4, -0.2) is 41.8 Å². The van der Waals surface area contributed by atoms with Crippen LogP contribution in [0.15, 0.2) is 54.7 Å². The molecule has 1 aliphatic heterocycles. The third-order valence-corrected chi connectivity index (χ3v) is 6.30. The van der Waals surface area contributed by atoms with Gasteiger partial charge in [-0.15, -0.1) is 0 Å². The lowest BCUT2D eigenvalue weighted by molar-refractivity contribution is -0.126. The fraction of sp³-hybridized carbons (Fsp3) is 0.200. The molecule has 4 rings (SSSR count). The van der Waals surface area contributed by atoms with E-state index >= 15 is 0 Å². The van der Waals surface area contributed by atoms with Gasteiger partial charge in [0.05, 0.1) is 11.8 Å². The first-order chi connectivity index (χ1) is 13.8. The highest BCUT2D eigenvalue weighted by Crippen LogP contribution is 2.25. The Morgan fingerprint density at radius 3 is 2.48 bits per heavy atom. The molecule has 2 heterocycles. The number of carbonyl (C=O) groups is 2. The van der Waals surface area contributed by atoms with Gasteiger partial charge in [-0.25, -0.2) is 8.42 Å². The van der Waals surface area contributed by atoms with Gasteiger partial charge in [0, 0.05) is 23.6 Å². The van der Waals surface area contributed by atoms with Crippen molar-refractivity contribution in [3.8, 4) is 0 Å². The SMILES string of the molecule is CS(=O)(=O)N1Cc2ccccc2C[C@@H]1C(=O)NNC(=O)c1c[nH]c2ccccc12. The molecule has 1 aromatic heterocycles. The summed E-state index contributed by atoms with van der Waals surface area (Å²) in [6, 6.07) is 13.8. The van der Waals surface area contributed by atoms with Crippen LogP contribution in [0.4, 0.5) is 0 Å². The van der Waals surface area contributed by atoms with Crippen molar-refractivity contribution in [2.24, 2.45) is 0 Å². The highest BCUT2D eigenvalue weighted by molar-refractivity contribution is 7.88. The highest BCUT2D eigenvalue weighted by Gasteiger charge is 2.37. The van der Waals surface area contributed by atoms with E-state index in [1.807, 2.05) is 42.5 Å². The normalized spacial score (nSPS) is 16.9. The fourth-order valence-corrected chi connectivity index (χ4v) is 4.61. The summed E-state index contributed by atoms with van der Waals surface area (Å²) < 4.78 is 25.6. The van der Waals surface area contributed by atoms with Crippen LogP contribution in [0.5, 0.6) is 0 Å². The maximum atomic E-state index is 12.8. The van der Waals surface area contributed by atoms with Crippen molar-refractivity contribution in [1.29, 1.82) is 0 Å². The fourth-order valence-electron chi connectivity index (χ4n) is 3.60. The van der Waals surface area contributed by atoms with E-state index in [1.165, 1.54) is 0 Å². The molecule has 0 bridgehead atoms. The molecule has 29 heavy (non-hydrogen) atoms. The van der Waals surface area contributed by atoms with Crippen LogP contribution in [-0.2, 0) is 27.8 Å². The van der Waals surface area contributed by atoms with Gasteiger partial charge in [0.25, 0.3) is 11.8 Å². The molecule has 3 N–H and O–H groups in total. The second-order valence-electron chi connectivity index (χ2n) is 6.99.